The summed E-state index contributed by atoms with van der Waals surface area (Å²) < 4.78 is 12.6. The minimum Gasteiger partial charge on any atom is -0.457 e. The van der Waals surface area contributed by atoms with Gasteiger partial charge in [0.1, 0.15) is 23.0 Å². The lowest BCUT2D eigenvalue weighted by Crippen LogP contribution is -2.37. The second-order valence-corrected chi connectivity index (χ2v) is 12.3. The fourth-order valence-electron chi connectivity index (χ4n) is 6.23. The first-order valence-corrected chi connectivity index (χ1v) is 14.3. The van der Waals surface area contributed by atoms with Crippen LogP contribution in [0.25, 0.3) is 0 Å². The molecule has 208 valence electrons. The van der Waals surface area contributed by atoms with Gasteiger partial charge in [-0.25, -0.2) is 0 Å². The van der Waals surface area contributed by atoms with E-state index < -0.39 is 0 Å². The predicted molar refractivity (Wildman–Crippen MR) is 167 cm³/mol. The zero-order chi connectivity index (χ0) is 28.5. The molecular formula is C36H42N2O2. The number of hydrogen-bond donors (Lipinski definition) is 2. The number of hydrogen-bond acceptors (Lipinski definition) is 4. The van der Waals surface area contributed by atoms with Gasteiger partial charge in [0, 0.05) is 16.9 Å². The van der Waals surface area contributed by atoms with Crippen LogP contribution in [0.15, 0.2) is 84.9 Å². The Balaban J connectivity index is 1.31. The maximum absolute atomic E-state index is 6.48. The molecule has 4 nitrogen and oxygen atoms in total. The van der Waals surface area contributed by atoms with Gasteiger partial charge in [-0.1, -0.05) is 51.1 Å². The number of benzene rings is 4. The third-order valence-corrected chi connectivity index (χ3v) is 9.10. The lowest BCUT2D eigenvalue weighted by molar-refractivity contribution is 0.176. The average molecular weight is 535 g/mol. The number of anilines is 2. The fraction of sp³-hybridized carbons (Fsp3) is 0.333. The van der Waals surface area contributed by atoms with Crippen molar-refractivity contribution in [2.75, 3.05) is 11.5 Å². The third-order valence-electron chi connectivity index (χ3n) is 9.10. The van der Waals surface area contributed by atoms with Crippen LogP contribution in [0.4, 0.5) is 11.4 Å². The van der Waals surface area contributed by atoms with E-state index in [0.717, 1.165) is 58.3 Å². The van der Waals surface area contributed by atoms with Gasteiger partial charge >= 0.3 is 0 Å². The quantitative estimate of drug-likeness (QED) is 0.232. The molecule has 0 amide bonds. The summed E-state index contributed by atoms with van der Waals surface area (Å²) in [6.07, 6.45) is 4.59. The van der Waals surface area contributed by atoms with Gasteiger partial charge in [0.15, 0.2) is 0 Å². The summed E-state index contributed by atoms with van der Waals surface area (Å²) >= 11 is 0. The minimum absolute atomic E-state index is 0.0573. The van der Waals surface area contributed by atoms with Crippen molar-refractivity contribution in [3.05, 3.63) is 107 Å². The zero-order valence-corrected chi connectivity index (χ0v) is 24.5. The van der Waals surface area contributed by atoms with Crippen LogP contribution in [0.5, 0.6) is 23.0 Å². The highest BCUT2D eigenvalue weighted by atomic mass is 16.5. The maximum atomic E-state index is 6.48. The molecule has 0 bridgehead atoms. The van der Waals surface area contributed by atoms with E-state index in [2.05, 4.69) is 71.0 Å². The van der Waals surface area contributed by atoms with Crippen molar-refractivity contribution in [1.29, 1.82) is 0 Å². The maximum Gasteiger partial charge on any atom is 0.134 e. The van der Waals surface area contributed by atoms with Gasteiger partial charge in [-0.2, -0.15) is 0 Å². The Morgan fingerprint density at radius 3 is 1.88 bits per heavy atom. The standard InChI is InChI=1S/C36H42N2O2/c1-24-7-6-8-32(34(24)40-31-16-12-29(38)13-17-31)36(5)21-19-26(20-22-36)35(3,4)27-9-18-33(25(2)23-27)39-30-14-10-28(37)11-15-30/h6-18,23,26H,19-22,37-38H2,1-5H3. The molecule has 1 saturated carbocycles. The van der Waals surface area contributed by atoms with Crippen molar-refractivity contribution in [1.82, 2.24) is 0 Å². The molecule has 5 rings (SSSR count). The molecule has 4 aromatic rings. The fourth-order valence-corrected chi connectivity index (χ4v) is 6.23. The van der Waals surface area contributed by atoms with E-state index >= 15 is 0 Å². The molecule has 4 heteroatoms. The SMILES string of the molecule is Cc1cc(C(C)(C)C2CCC(C)(c3cccc(C)c3Oc3ccc(N)cc3)CC2)ccc1Oc1ccc(N)cc1. The highest BCUT2D eigenvalue weighted by molar-refractivity contribution is 5.50. The third kappa shape index (κ3) is 5.67. The van der Waals surface area contributed by atoms with Crippen LogP contribution in [0.3, 0.4) is 0 Å². The Hall–Kier alpha value is -3.92. The first-order valence-electron chi connectivity index (χ1n) is 14.3. The van der Waals surface area contributed by atoms with E-state index in [4.69, 9.17) is 20.9 Å². The van der Waals surface area contributed by atoms with Crippen molar-refractivity contribution in [3.8, 4) is 23.0 Å². The zero-order valence-electron chi connectivity index (χ0n) is 24.5. The number of ether oxygens (including phenoxy) is 2. The summed E-state index contributed by atoms with van der Waals surface area (Å²) in [4.78, 5) is 0. The molecule has 4 N–H and O–H groups in total. The highest BCUT2D eigenvalue weighted by Crippen LogP contribution is 2.51. The lowest BCUT2D eigenvalue weighted by Gasteiger charge is -2.44. The Bertz CT molecular complexity index is 1460. The van der Waals surface area contributed by atoms with E-state index in [-0.39, 0.29) is 10.8 Å². The van der Waals surface area contributed by atoms with E-state index in [0.29, 0.717) is 5.92 Å². The number of aryl methyl sites for hydroxylation is 2. The summed E-state index contributed by atoms with van der Waals surface area (Å²) in [7, 11) is 0. The highest BCUT2D eigenvalue weighted by Gasteiger charge is 2.41. The number of para-hydroxylation sites is 1. The van der Waals surface area contributed by atoms with Crippen LogP contribution < -0.4 is 20.9 Å². The van der Waals surface area contributed by atoms with Gasteiger partial charge in [0.05, 0.1) is 0 Å². The lowest BCUT2D eigenvalue weighted by atomic mass is 9.60. The van der Waals surface area contributed by atoms with Crippen molar-refractivity contribution < 1.29 is 9.47 Å². The van der Waals surface area contributed by atoms with Gasteiger partial charge in [-0.3, -0.25) is 0 Å². The van der Waals surface area contributed by atoms with E-state index in [1.54, 1.807) is 0 Å². The normalized spacial score (nSPS) is 19.3. The molecule has 1 fully saturated rings. The molecular weight excluding hydrogens is 492 g/mol. The van der Waals surface area contributed by atoms with Gasteiger partial charge in [0.25, 0.3) is 0 Å². The number of rotatable bonds is 7. The molecule has 0 spiro atoms. The molecule has 1 aliphatic rings. The second-order valence-electron chi connectivity index (χ2n) is 12.3. The first-order chi connectivity index (χ1) is 19.0. The minimum atomic E-state index is 0.0573. The molecule has 0 heterocycles. The largest absolute Gasteiger partial charge is 0.457 e. The van der Waals surface area contributed by atoms with Crippen LogP contribution in [0.2, 0.25) is 0 Å². The summed E-state index contributed by atoms with van der Waals surface area (Å²) in [6.45, 7) is 11.5. The Morgan fingerprint density at radius 2 is 1.30 bits per heavy atom. The molecule has 0 aromatic heterocycles. The molecule has 4 aromatic carbocycles. The molecule has 1 aliphatic carbocycles. The van der Waals surface area contributed by atoms with Gasteiger partial charge in [0.2, 0.25) is 0 Å². The van der Waals surface area contributed by atoms with E-state index in [1.807, 2.05) is 48.5 Å². The number of nitrogen functional groups attached to an aromatic ring is 2. The Kier molecular flexibility index (Phi) is 7.55. The molecule has 0 aliphatic heterocycles. The van der Waals surface area contributed by atoms with E-state index in [1.165, 1.54) is 24.0 Å². The van der Waals surface area contributed by atoms with Gasteiger partial charge in [-0.15, -0.1) is 0 Å². The molecule has 40 heavy (non-hydrogen) atoms. The summed E-state index contributed by atoms with van der Waals surface area (Å²) in [6, 6.07) is 28.4. The van der Waals surface area contributed by atoms with Crippen molar-refractivity contribution in [3.63, 3.8) is 0 Å². The van der Waals surface area contributed by atoms with Crippen molar-refractivity contribution in [2.24, 2.45) is 5.92 Å². The summed E-state index contributed by atoms with van der Waals surface area (Å²) in [5.74, 6) is 4.08. The van der Waals surface area contributed by atoms with E-state index in [9.17, 15) is 0 Å². The molecule has 0 atom stereocenters. The van der Waals surface area contributed by atoms with Gasteiger partial charge in [-0.05, 0) is 128 Å². The Morgan fingerprint density at radius 1 is 0.725 bits per heavy atom. The average Bonchev–Trinajstić information content (AvgIpc) is 2.93. The monoisotopic (exact) mass is 534 g/mol. The van der Waals surface area contributed by atoms with Crippen LogP contribution >= 0.6 is 0 Å². The molecule has 0 radical (unpaired) electrons. The van der Waals surface area contributed by atoms with Crippen molar-refractivity contribution >= 4 is 11.4 Å². The number of nitrogens with two attached hydrogens (primary N) is 2. The first kappa shape index (κ1) is 27.6. The molecule has 0 unspecified atom stereocenters. The van der Waals surface area contributed by atoms with Crippen LogP contribution in [-0.4, -0.2) is 0 Å². The topological polar surface area (TPSA) is 70.5 Å². The summed E-state index contributed by atoms with van der Waals surface area (Å²) in [5, 5.41) is 0. The van der Waals surface area contributed by atoms with Crippen LogP contribution in [0, 0.1) is 19.8 Å². The Labute approximate surface area is 239 Å². The predicted octanol–water partition coefficient (Wildman–Crippen LogP) is 9.48. The summed E-state index contributed by atoms with van der Waals surface area (Å²) in [5.41, 5.74) is 18.3. The van der Waals surface area contributed by atoms with Crippen molar-refractivity contribution in [2.45, 2.75) is 71.1 Å². The second kappa shape index (κ2) is 10.9. The van der Waals surface area contributed by atoms with Gasteiger partial charge < -0.3 is 20.9 Å². The van der Waals surface area contributed by atoms with Crippen LogP contribution in [0.1, 0.15) is 68.7 Å². The van der Waals surface area contributed by atoms with Crippen LogP contribution in [-0.2, 0) is 10.8 Å². The molecule has 0 saturated heterocycles. The smallest absolute Gasteiger partial charge is 0.134 e.